The van der Waals surface area contributed by atoms with Gasteiger partial charge in [0.1, 0.15) is 11.6 Å². The highest BCUT2D eigenvalue weighted by Gasteiger charge is 2.27. The van der Waals surface area contributed by atoms with Gasteiger partial charge in [-0.25, -0.2) is 9.97 Å². The van der Waals surface area contributed by atoms with Gasteiger partial charge in [-0.15, -0.1) is 0 Å². The molecule has 2 aliphatic carbocycles. The highest BCUT2D eigenvalue weighted by Crippen LogP contribution is 2.46. The van der Waals surface area contributed by atoms with Crippen LogP contribution >= 0.6 is 0 Å². The molecule has 4 nitrogen and oxygen atoms in total. The molecule has 2 aliphatic rings. The van der Waals surface area contributed by atoms with Gasteiger partial charge in [0, 0.05) is 33.9 Å². The smallest absolute Gasteiger partial charge is 0.137 e. The minimum Gasteiger partial charge on any atom is -0.294 e. The lowest BCUT2D eigenvalue weighted by Crippen LogP contribution is -2.37. The van der Waals surface area contributed by atoms with Crippen molar-refractivity contribution in [1.82, 2.24) is 19.1 Å². The van der Waals surface area contributed by atoms with Crippen molar-refractivity contribution in [2.75, 3.05) is 0 Å². The zero-order valence-corrected chi connectivity index (χ0v) is 37.5. The summed E-state index contributed by atoms with van der Waals surface area (Å²) < 4.78 is 4.80. The van der Waals surface area contributed by atoms with Crippen LogP contribution in [0.15, 0.2) is 151 Å². The lowest BCUT2D eigenvalue weighted by Gasteiger charge is -2.24. The second-order valence-corrected chi connectivity index (χ2v) is 29.2. The van der Waals surface area contributed by atoms with E-state index >= 15 is 0 Å². The van der Waals surface area contributed by atoms with Crippen molar-refractivity contribution < 1.29 is 0 Å². The Morgan fingerprint density at radius 2 is 1.18 bits per heavy atom. The molecule has 0 aliphatic heterocycles. The Morgan fingerprint density at radius 1 is 0.500 bits per heavy atom. The van der Waals surface area contributed by atoms with Crippen molar-refractivity contribution in [3.8, 4) is 33.9 Å². The van der Waals surface area contributed by atoms with Crippen molar-refractivity contribution in [1.29, 1.82) is 0 Å². The predicted octanol–water partition coefficient (Wildman–Crippen LogP) is 13.6. The molecule has 0 fully saturated rings. The van der Waals surface area contributed by atoms with Gasteiger partial charge in [-0.1, -0.05) is 122 Å². The average molecular weight is 811 g/mol. The molecule has 0 saturated carbocycles. The van der Waals surface area contributed by atoms with Gasteiger partial charge in [0.25, 0.3) is 0 Å². The Morgan fingerprint density at radius 3 is 1.92 bits per heavy atom. The van der Waals surface area contributed by atoms with Crippen molar-refractivity contribution in [2.24, 2.45) is 0 Å². The summed E-state index contributed by atoms with van der Waals surface area (Å²) in [6.07, 6.45) is 13.0. The predicted molar refractivity (Wildman–Crippen MR) is 261 cm³/mol. The number of allylic oxidation sites excluding steroid dienone is 4. The number of benzene rings is 5. The molecule has 60 heavy (non-hydrogen) atoms. The first kappa shape index (κ1) is 37.0. The van der Waals surface area contributed by atoms with E-state index in [4.69, 9.17) is 9.97 Å². The van der Waals surface area contributed by atoms with Crippen LogP contribution in [0.3, 0.4) is 0 Å². The first-order valence-corrected chi connectivity index (χ1v) is 28.6. The molecule has 4 aromatic heterocycles. The second kappa shape index (κ2) is 13.7. The van der Waals surface area contributed by atoms with Gasteiger partial charge in [-0.2, -0.15) is 0 Å². The molecule has 0 saturated heterocycles. The van der Waals surface area contributed by atoms with Gasteiger partial charge in [0.15, 0.2) is 0 Å². The normalized spacial score (nSPS) is 14.4. The number of pyridine rings is 2. The summed E-state index contributed by atoms with van der Waals surface area (Å²) in [6.45, 7) is 14.7. The van der Waals surface area contributed by atoms with Crippen LogP contribution in [-0.4, -0.2) is 35.2 Å². The van der Waals surface area contributed by atoms with Gasteiger partial charge in [0.2, 0.25) is 0 Å². The first-order valence-electron chi connectivity index (χ1n) is 21.6. The molecule has 9 aromatic rings. The van der Waals surface area contributed by atoms with E-state index in [-0.39, 0.29) is 0 Å². The third-order valence-electron chi connectivity index (χ3n) is 13.2. The number of hydrogen-bond acceptors (Lipinski definition) is 2. The fourth-order valence-corrected chi connectivity index (χ4v) is 12.7. The number of rotatable bonds is 6. The Hall–Kier alpha value is -6.09. The van der Waals surface area contributed by atoms with E-state index in [0.717, 1.165) is 30.9 Å². The molecule has 0 unspecified atom stereocenters. The van der Waals surface area contributed by atoms with E-state index in [2.05, 4.69) is 170 Å². The summed E-state index contributed by atoms with van der Waals surface area (Å²) in [5.74, 6) is 1.89. The highest BCUT2D eigenvalue weighted by molar-refractivity contribution is 6.88. The fourth-order valence-electron chi connectivity index (χ4n) is 9.99. The van der Waals surface area contributed by atoms with E-state index in [9.17, 15) is 0 Å². The number of aromatic nitrogens is 4. The van der Waals surface area contributed by atoms with Crippen LogP contribution in [0.4, 0.5) is 0 Å². The molecule has 11 rings (SSSR count). The summed E-state index contributed by atoms with van der Waals surface area (Å²) in [7, 11) is -2.85. The molecule has 0 N–H and O–H groups in total. The molecule has 0 bridgehead atoms. The summed E-state index contributed by atoms with van der Waals surface area (Å²) in [5.41, 5.74) is 15.5. The Bertz CT molecular complexity index is 3260. The molecule has 4 heterocycles. The minimum absolute atomic E-state index is 0.941. The van der Waals surface area contributed by atoms with E-state index < -0.39 is 16.1 Å². The minimum atomic E-state index is -1.47. The van der Waals surface area contributed by atoms with Crippen LogP contribution in [0.25, 0.3) is 83.1 Å². The first-order chi connectivity index (χ1) is 29.0. The van der Waals surface area contributed by atoms with Crippen LogP contribution in [0, 0.1) is 0 Å². The number of fused-ring (bicyclic) bond motifs is 10. The van der Waals surface area contributed by atoms with Crippen molar-refractivity contribution in [3.05, 3.63) is 168 Å². The topological polar surface area (TPSA) is 35.6 Å². The molecule has 0 amide bonds. The molecule has 0 radical (unpaired) electrons. The maximum Gasteiger partial charge on any atom is 0.137 e. The fraction of sp³-hybridized carbons (Fsp3) is 0.185. The molecule has 0 spiro atoms. The Balaban J connectivity index is 1.13. The summed E-state index contributed by atoms with van der Waals surface area (Å²) in [5, 5.41) is 8.26. The Kier molecular flexibility index (Phi) is 8.46. The van der Waals surface area contributed by atoms with E-state index in [1.165, 1.54) is 99.7 Å². The van der Waals surface area contributed by atoms with Gasteiger partial charge in [0.05, 0.1) is 38.2 Å². The zero-order valence-electron chi connectivity index (χ0n) is 35.5. The van der Waals surface area contributed by atoms with Crippen LogP contribution in [0.5, 0.6) is 0 Å². The lowest BCUT2D eigenvalue weighted by molar-refractivity contribution is 0.941. The van der Waals surface area contributed by atoms with Crippen LogP contribution in [-0.2, 0) is 12.8 Å². The third kappa shape index (κ3) is 5.99. The second-order valence-electron chi connectivity index (χ2n) is 19.0. The molecular weight excluding hydrogens is 761 g/mol. The molecule has 6 heteroatoms. The maximum atomic E-state index is 4.95. The van der Waals surface area contributed by atoms with Gasteiger partial charge in [-0.3, -0.25) is 9.13 Å². The van der Waals surface area contributed by atoms with Gasteiger partial charge < -0.3 is 0 Å². The van der Waals surface area contributed by atoms with Crippen LogP contribution in [0.1, 0.15) is 29.5 Å². The van der Waals surface area contributed by atoms with E-state index in [1.807, 2.05) is 24.5 Å². The van der Waals surface area contributed by atoms with Gasteiger partial charge >= 0.3 is 0 Å². The van der Waals surface area contributed by atoms with Crippen molar-refractivity contribution in [2.45, 2.75) is 65.0 Å². The van der Waals surface area contributed by atoms with Crippen LogP contribution < -0.4 is 5.19 Å². The molecule has 0 atom stereocenters. The summed E-state index contributed by atoms with van der Waals surface area (Å²) in [6, 6.07) is 45.6. The molecular formula is C54H50N4Si2. The number of nitrogens with zero attached hydrogens (tertiary/aromatic N) is 4. The van der Waals surface area contributed by atoms with Crippen molar-refractivity contribution in [3.63, 3.8) is 0 Å². The highest BCUT2D eigenvalue weighted by atomic mass is 28.3. The molecule has 294 valence electrons. The standard InChI is InChI=1S/C54H50N4Si2/c1-59(2,3)40-15-11-13-35(29-40)37-21-26-50-46(31-37)44-24-23-42-43(54(44)58(50)53-18-8-10-28-56-53)22-19-39-33-48-47-32-38(36-14-12-16-41(30-36)60(4,5)6)20-25-49(47)57(51(48)34-45(39)42)52-17-7-9-27-55-52/h7-11,13-15,17-18,20-21,23-34H,12,16,19,22H2,1-6H3. The van der Waals surface area contributed by atoms with E-state index in [0.29, 0.717) is 0 Å². The van der Waals surface area contributed by atoms with E-state index in [1.54, 1.807) is 5.20 Å². The Labute approximate surface area is 354 Å². The third-order valence-corrected chi connectivity index (χ3v) is 17.5. The largest absolute Gasteiger partial charge is 0.294 e. The average Bonchev–Trinajstić information content (AvgIpc) is 3.77. The number of hydrogen-bond donors (Lipinski definition) is 0. The SMILES string of the molecule is C[Si](C)(C)C1=CC(c2ccc3c(c2)c2cc4c(cc2n3-c2ccccn2)-c2ccc3c5cc(-c6cccc([Si](C)(C)C)c6)ccc5n(-c5ccccn5)c3c2CC4)=CCC1. The number of aryl methyl sites for hydroxylation is 2. The van der Waals surface area contributed by atoms with Gasteiger partial charge in [-0.05, 0) is 131 Å². The lowest BCUT2D eigenvalue weighted by atomic mass is 9.83. The maximum absolute atomic E-state index is 4.95. The van der Waals surface area contributed by atoms with Crippen molar-refractivity contribution >= 4 is 70.5 Å². The quantitative estimate of drug-likeness (QED) is 0.157. The van der Waals surface area contributed by atoms with Crippen LogP contribution in [0.2, 0.25) is 39.3 Å². The summed E-state index contributed by atoms with van der Waals surface area (Å²) in [4.78, 5) is 9.87. The monoisotopic (exact) mass is 810 g/mol. The summed E-state index contributed by atoms with van der Waals surface area (Å²) >= 11 is 0. The molecule has 5 aromatic carbocycles. The zero-order chi connectivity index (χ0) is 40.9.